The third-order valence-corrected chi connectivity index (χ3v) is 3.91. The first kappa shape index (κ1) is 13.6. The molecule has 2 heteroatoms. The summed E-state index contributed by atoms with van der Waals surface area (Å²) in [5, 5.41) is 10.5. The van der Waals surface area contributed by atoms with Gasteiger partial charge in [-0.05, 0) is 38.3 Å². The number of rotatable bonds is 7. The molecular weight excluding hydrogens is 222 g/mol. The summed E-state index contributed by atoms with van der Waals surface area (Å²) in [7, 11) is 0. The van der Waals surface area contributed by atoms with E-state index in [1.807, 2.05) is 30.3 Å². The maximum absolute atomic E-state index is 10.5. The molecule has 18 heavy (non-hydrogen) atoms. The number of unbranched alkanes of at least 4 members (excludes halogenated alkanes) is 1. The third kappa shape index (κ3) is 3.33. The summed E-state index contributed by atoms with van der Waals surface area (Å²) in [6.07, 6.45) is 4.67. The molecule has 1 aliphatic rings. The minimum absolute atomic E-state index is 0.214. The molecule has 1 saturated carbocycles. The van der Waals surface area contributed by atoms with Crippen LogP contribution in [0, 0.1) is 0 Å². The van der Waals surface area contributed by atoms with Crippen LogP contribution in [0.2, 0.25) is 0 Å². The van der Waals surface area contributed by atoms with Crippen molar-refractivity contribution in [3.05, 3.63) is 35.9 Å². The van der Waals surface area contributed by atoms with E-state index in [2.05, 4.69) is 18.7 Å². The summed E-state index contributed by atoms with van der Waals surface area (Å²) < 4.78 is 0. The van der Waals surface area contributed by atoms with Gasteiger partial charge in [0.25, 0.3) is 0 Å². The Bertz CT molecular complexity index is 347. The zero-order chi connectivity index (χ0) is 13.0. The summed E-state index contributed by atoms with van der Waals surface area (Å²) in [6, 6.07) is 11.0. The molecular formula is C16H25NO. The number of hydrogen-bond acceptors (Lipinski definition) is 2. The van der Waals surface area contributed by atoms with Gasteiger partial charge in [-0.3, -0.25) is 4.90 Å². The van der Waals surface area contributed by atoms with Crippen LogP contribution in [0.25, 0.3) is 0 Å². The van der Waals surface area contributed by atoms with Crippen LogP contribution in [0.15, 0.2) is 30.3 Å². The summed E-state index contributed by atoms with van der Waals surface area (Å²) >= 11 is 0. The van der Waals surface area contributed by atoms with Gasteiger partial charge in [0.05, 0.1) is 6.10 Å². The molecule has 0 heterocycles. The first-order valence-electron chi connectivity index (χ1n) is 7.22. The second-order valence-corrected chi connectivity index (χ2v) is 5.42. The molecule has 2 nitrogen and oxygen atoms in total. The summed E-state index contributed by atoms with van der Waals surface area (Å²) in [6.45, 7) is 5.50. The molecule has 0 saturated heterocycles. The summed E-state index contributed by atoms with van der Waals surface area (Å²) in [5.41, 5.74) is 1.03. The van der Waals surface area contributed by atoms with Crippen LogP contribution in [0.1, 0.15) is 51.2 Å². The lowest BCUT2D eigenvalue weighted by atomic mass is 10.0. The first-order chi connectivity index (χ1) is 8.74. The molecule has 0 radical (unpaired) electrons. The monoisotopic (exact) mass is 247 g/mol. The largest absolute Gasteiger partial charge is 0.387 e. The molecule has 1 N–H and O–H groups in total. The van der Waals surface area contributed by atoms with Crippen molar-refractivity contribution in [1.29, 1.82) is 0 Å². The van der Waals surface area contributed by atoms with Crippen molar-refractivity contribution in [3.63, 3.8) is 0 Å². The van der Waals surface area contributed by atoms with Crippen molar-refractivity contribution >= 4 is 0 Å². The molecule has 0 aromatic heterocycles. The Morgan fingerprint density at radius 1 is 1.28 bits per heavy atom. The van der Waals surface area contributed by atoms with E-state index in [0.29, 0.717) is 6.04 Å². The maximum Gasteiger partial charge on any atom is 0.0942 e. The topological polar surface area (TPSA) is 23.5 Å². The molecule has 1 aliphatic carbocycles. The quantitative estimate of drug-likeness (QED) is 0.798. The normalized spacial score (nSPS) is 18.9. The third-order valence-electron chi connectivity index (χ3n) is 3.91. The standard InChI is InChI=1S/C16H25NO/c1-3-4-12-17(15-10-11-15)13(2)16(18)14-8-6-5-7-9-14/h5-9,13,15-16,18H,3-4,10-12H2,1-2H3. The minimum atomic E-state index is -0.372. The predicted octanol–water partition coefficient (Wildman–Crippen LogP) is 3.37. The Kier molecular flexibility index (Phi) is 4.79. The van der Waals surface area contributed by atoms with Crippen molar-refractivity contribution in [1.82, 2.24) is 4.90 Å². The van der Waals surface area contributed by atoms with Gasteiger partial charge >= 0.3 is 0 Å². The highest BCUT2D eigenvalue weighted by Gasteiger charge is 2.34. The zero-order valence-electron chi connectivity index (χ0n) is 11.5. The molecule has 2 unspecified atom stereocenters. The van der Waals surface area contributed by atoms with Crippen molar-refractivity contribution in [2.75, 3.05) is 6.54 Å². The molecule has 1 aromatic rings. The molecule has 0 bridgehead atoms. The van der Waals surface area contributed by atoms with Gasteiger partial charge in [-0.15, -0.1) is 0 Å². The van der Waals surface area contributed by atoms with Gasteiger partial charge in [0.1, 0.15) is 0 Å². The number of aliphatic hydroxyl groups excluding tert-OH is 1. The van der Waals surface area contributed by atoms with Crippen molar-refractivity contribution in [2.24, 2.45) is 0 Å². The fourth-order valence-electron chi connectivity index (χ4n) is 2.58. The number of hydrogen-bond donors (Lipinski definition) is 1. The van der Waals surface area contributed by atoms with E-state index < -0.39 is 0 Å². The van der Waals surface area contributed by atoms with Gasteiger partial charge in [-0.2, -0.15) is 0 Å². The van der Waals surface area contributed by atoms with Crippen molar-refractivity contribution < 1.29 is 5.11 Å². The second-order valence-electron chi connectivity index (χ2n) is 5.42. The highest BCUT2D eigenvalue weighted by Crippen LogP contribution is 2.32. The van der Waals surface area contributed by atoms with E-state index in [4.69, 9.17) is 0 Å². The smallest absolute Gasteiger partial charge is 0.0942 e. The number of benzene rings is 1. The SMILES string of the molecule is CCCCN(C1CC1)C(C)C(O)c1ccccc1. The van der Waals surface area contributed by atoms with Crippen LogP contribution in [0.4, 0.5) is 0 Å². The van der Waals surface area contributed by atoms with Gasteiger partial charge in [0.2, 0.25) is 0 Å². The van der Waals surface area contributed by atoms with E-state index in [1.165, 1.54) is 25.7 Å². The molecule has 100 valence electrons. The molecule has 0 spiro atoms. The van der Waals surface area contributed by atoms with Crippen molar-refractivity contribution in [3.8, 4) is 0 Å². The van der Waals surface area contributed by atoms with Gasteiger partial charge in [0.15, 0.2) is 0 Å². The summed E-state index contributed by atoms with van der Waals surface area (Å²) in [5.74, 6) is 0. The van der Waals surface area contributed by atoms with Crippen LogP contribution in [0.5, 0.6) is 0 Å². The van der Waals surface area contributed by atoms with Crippen LogP contribution in [-0.4, -0.2) is 28.6 Å². The molecule has 0 amide bonds. The lowest BCUT2D eigenvalue weighted by Gasteiger charge is -2.32. The van der Waals surface area contributed by atoms with E-state index >= 15 is 0 Å². The average Bonchev–Trinajstić information content (AvgIpc) is 3.24. The molecule has 0 aliphatic heterocycles. The van der Waals surface area contributed by atoms with Crippen LogP contribution < -0.4 is 0 Å². The Morgan fingerprint density at radius 2 is 1.94 bits per heavy atom. The van der Waals surface area contributed by atoms with Crippen LogP contribution in [-0.2, 0) is 0 Å². The highest BCUT2D eigenvalue weighted by molar-refractivity contribution is 5.18. The maximum atomic E-state index is 10.5. The summed E-state index contributed by atoms with van der Waals surface area (Å²) in [4.78, 5) is 2.50. The van der Waals surface area contributed by atoms with Gasteiger partial charge in [0, 0.05) is 12.1 Å². The van der Waals surface area contributed by atoms with E-state index in [1.54, 1.807) is 0 Å². The van der Waals surface area contributed by atoms with E-state index in [0.717, 1.165) is 12.1 Å². The fraction of sp³-hybridized carbons (Fsp3) is 0.625. The number of nitrogens with zero attached hydrogens (tertiary/aromatic N) is 1. The molecule has 2 rings (SSSR count). The van der Waals surface area contributed by atoms with Gasteiger partial charge in [-0.25, -0.2) is 0 Å². The van der Waals surface area contributed by atoms with E-state index in [9.17, 15) is 5.11 Å². The zero-order valence-corrected chi connectivity index (χ0v) is 11.5. The molecule has 2 atom stereocenters. The molecule has 1 fully saturated rings. The lowest BCUT2D eigenvalue weighted by molar-refractivity contribution is 0.0520. The second kappa shape index (κ2) is 6.35. The Hall–Kier alpha value is -0.860. The lowest BCUT2D eigenvalue weighted by Crippen LogP contribution is -2.39. The Morgan fingerprint density at radius 3 is 2.50 bits per heavy atom. The van der Waals surface area contributed by atoms with Gasteiger partial charge in [-0.1, -0.05) is 43.7 Å². The molecule has 1 aromatic carbocycles. The highest BCUT2D eigenvalue weighted by atomic mass is 16.3. The first-order valence-corrected chi connectivity index (χ1v) is 7.22. The average molecular weight is 247 g/mol. The predicted molar refractivity (Wildman–Crippen MR) is 75.5 cm³/mol. The van der Waals surface area contributed by atoms with Gasteiger partial charge < -0.3 is 5.11 Å². The van der Waals surface area contributed by atoms with E-state index in [-0.39, 0.29) is 12.1 Å². The van der Waals surface area contributed by atoms with Crippen molar-refractivity contribution in [2.45, 2.75) is 57.7 Å². The fourth-order valence-corrected chi connectivity index (χ4v) is 2.58. The van der Waals surface area contributed by atoms with Crippen LogP contribution >= 0.6 is 0 Å². The Labute approximate surface area is 111 Å². The number of aliphatic hydroxyl groups is 1. The Balaban J connectivity index is 2.01. The minimum Gasteiger partial charge on any atom is -0.387 e. The van der Waals surface area contributed by atoms with Crippen LogP contribution in [0.3, 0.4) is 0 Å².